The van der Waals surface area contributed by atoms with Gasteiger partial charge in [-0.2, -0.15) is 5.10 Å². The number of nitrogens with two attached hydrogens (primary N) is 1. The molecule has 2 aromatic rings. The molecule has 0 aliphatic heterocycles. The third-order valence-electron chi connectivity index (χ3n) is 3.37. The van der Waals surface area contributed by atoms with Crippen LogP contribution in [0.5, 0.6) is 0 Å². The lowest BCUT2D eigenvalue weighted by Gasteiger charge is -2.22. The first-order valence-electron chi connectivity index (χ1n) is 6.51. The Kier molecular flexibility index (Phi) is 3.53. The van der Waals surface area contributed by atoms with E-state index in [9.17, 15) is 0 Å². The molecule has 0 aliphatic carbocycles. The van der Waals surface area contributed by atoms with Gasteiger partial charge in [-0.05, 0) is 44.0 Å². The van der Waals surface area contributed by atoms with E-state index in [2.05, 4.69) is 37.1 Å². The highest BCUT2D eigenvalue weighted by Crippen LogP contribution is 2.29. The maximum absolute atomic E-state index is 7.77. The van der Waals surface area contributed by atoms with Gasteiger partial charge in [0, 0.05) is 19.8 Å². The summed E-state index contributed by atoms with van der Waals surface area (Å²) in [5.74, 6) is 0.877. The van der Waals surface area contributed by atoms with Gasteiger partial charge in [-0.1, -0.05) is 6.07 Å². The minimum absolute atomic E-state index is 0.0434. The van der Waals surface area contributed by atoms with Crippen LogP contribution < -0.4 is 10.6 Å². The molecule has 3 N–H and O–H groups in total. The average molecular weight is 271 g/mol. The van der Waals surface area contributed by atoms with Crippen molar-refractivity contribution < 1.29 is 0 Å². The monoisotopic (exact) mass is 271 g/mol. The number of nitrogens with one attached hydrogen (secondary N) is 1. The predicted molar refractivity (Wildman–Crippen MR) is 82.9 cm³/mol. The van der Waals surface area contributed by atoms with Crippen LogP contribution in [-0.2, 0) is 7.05 Å². The van der Waals surface area contributed by atoms with Gasteiger partial charge in [0.25, 0.3) is 0 Å². The molecule has 1 aromatic carbocycles. The molecule has 106 valence electrons. The van der Waals surface area contributed by atoms with E-state index in [4.69, 9.17) is 11.1 Å². The van der Waals surface area contributed by atoms with Crippen LogP contribution >= 0.6 is 0 Å². The lowest BCUT2D eigenvalue weighted by molar-refractivity contribution is 0.750. The number of aromatic nitrogens is 2. The summed E-state index contributed by atoms with van der Waals surface area (Å²) in [6.45, 7) is 6.02. The van der Waals surface area contributed by atoms with Gasteiger partial charge in [0.15, 0.2) is 0 Å². The molecule has 0 aliphatic rings. The Bertz CT molecular complexity index is 649. The molecule has 0 fully saturated rings. The molecule has 20 heavy (non-hydrogen) atoms. The zero-order valence-electron chi connectivity index (χ0n) is 12.7. The first kappa shape index (κ1) is 14.1. The van der Waals surface area contributed by atoms with E-state index >= 15 is 0 Å². The largest absolute Gasteiger partial charge is 0.384 e. The van der Waals surface area contributed by atoms with Crippen molar-refractivity contribution in [3.63, 3.8) is 0 Å². The standard InChI is InChI=1S/C15H21N5/c1-9-6-10(2)8-12(7-9)19(4)15-13(14(16)17)11(3)18-20(15)5/h6-8H,1-5H3,(H3,16,17). The van der Waals surface area contributed by atoms with Crippen LogP contribution in [0.25, 0.3) is 0 Å². The third kappa shape index (κ3) is 2.39. The molecule has 0 spiro atoms. The fraction of sp³-hybridized carbons (Fsp3) is 0.333. The quantitative estimate of drug-likeness (QED) is 0.665. The summed E-state index contributed by atoms with van der Waals surface area (Å²) in [6, 6.07) is 6.36. The van der Waals surface area contributed by atoms with Crippen LogP contribution in [0.15, 0.2) is 18.2 Å². The second-order valence-corrected chi connectivity index (χ2v) is 5.23. The highest BCUT2D eigenvalue weighted by Gasteiger charge is 2.20. The van der Waals surface area contributed by atoms with Gasteiger partial charge in [-0.15, -0.1) is 0 Å². The summed E-state index contributed by atoms with van der Waals surface area (Å²) >= 11 is 0. The highest BCUT2D eigenvalue weighted by atomic mass is 15.4. The van der Waals surface area contributed by atoms with Gasteiger partial charge in [-0.3, -0.25) is 10.1 Å². The molecular formula is C15H21N5. The molecule has 1 heterocycles. The van der Waals surface area contributed by atoms with Crippen LogP contribution in [0.3, 0.4) is 0 Å². The van der Waals surface area contributed by atoms with Crippen molar-refractivity contribution in [2.75, 3.05) is 11.9 Å². The second-order valence-electron chi connectivity index (χ2n) is 5.23. The summed E-state index contributed by atoms with van der Waals surface area (Å²) in [4.78, 5) is 2.02. The number of nitrogen functional groups attached to an aromatic ring is 1. The minimum atomic E-state index is 0.0434. The predicted octanol–water partition coefficient (Wildman–Crippen LogP) is 2.40. The Morgan fingerprint density at radius 1 is 1.20 bits per heavy atom. The second kappa shape index (κ2) is 5.00. The molecule has 0 radical (unpaired) electrons. The van der Waals surface area contributed by atoms with Crippen LogP contribution in [-0.4, -0.2) is 22.7 Å². The smallest absolute Gasteiger partial charge is 0.142 e. The van der Waals surface area contributed by atoms with Gasteiger partial charge in [-0.25, -0.2) is 0 Å². The van der Waals surface area contributed by atoms with E-state index in [0.717, 1.165) is 17.2 Å². The first-order chi connectivity index (χ1) is 9.31. The van der Waals surface area contributed by atoms with E-state index in [1.54, 1.807) is 4.68 Å². The summed E-state index contributed by atoms with van der Waals surface area (Å²) < 4.78 is 1.77. The molecule has 0 saturated heterocycles. The Morgan fingerprint density at radius 2 is 1.75 bits per heavy atom. The first-order valence-corrected chi connectivity index (χ1v) is 6.51. The molecule has 5 nitrogen and oxygen atoms in total. The zero-order chi connectivity index (χ0) is 15.0. The molecule has 0 bridgehead atoms. The van der Waals surface area contributed by atoms with Gasteiger partial charge in [0.05, 0.1) is 11.3 Å². The summed E-state index contributed by atoms with van der Waals surface area (Å²) in [5, 5.41) is 12.1. The zero-order valence-corrected chi connectivity index (χ0v) is 12.7. The van der Waals surface area contributed by atoms with E-state index in [1.165, 1.54) is 11.1 Å². The summed E-state index contributed by atoms with van der Waals surface area (Å²) in [7, 11) is 3.84. The molecule has 0 amide bonds. The van der Waals surface area contributed by atoms with Crippen molar-refractivity contribution in [3.8, 4) is 0 Å². The van der Waals surface area contributed by atoms with Crippen molar-refractivity contribution in [1.29, 1.82) is 5.41 Å². The van der Waals surface area contributed by atoms with Crippen molar-refractivity contribution in [1.82, 2.24) is 9.78 Å². The number of aryl methyl sites for hydroxylation is 4. The SMILES string of the molecule is Cc1cc(C)cc(N(C)c2c(C(=N)N)c(C)nn2C)c1. The normalized spacial score (nSPS) is 10.7. The summed E-state index contributed by atoms with van der Waals surface area (Å²) in [5.41, 5.74) is 10.6. The molecule has 2 rings (SSSR count). The van der Waals surface area contributed by atoms with E-state index < -0.39 is 0 Å². The number of hydrogen-bond donors (Lipinski definition) is 2. The maximum Gasteiger partial charge on any atom is 0.142 e. The number of hydrogen-bond acceptors (Lipinski definition) is 3. The van der Waals surface area contributed by atoms with E-state index in [0.29, 0.717) is 5.56 Å². The Balaban J connectivity index is 2.58. The lowest BCUT2D eigenvalue weighted by Crippen LogP contribution is -2.20. The van der Waals surface area contributed by atoms with Crippen molar-refractivity contribution >= 4 is 17.3 Å². The van der Waals surface area contributed by atoms with Crippen LogP contribution in [0.1, 0.15) is 22.4 Å². The Labute approximate surface area is 119 Å². The third-order valence-corrected chi connectivity index (χ3v) is 3.37. The van der Waals surface area contributed by atoms with Gasteiger partial charge in [0.2, 0.25) is 0 Å². The number of benzene rings is 1. The molecule has 0 saturated carbocycles. The molecule has 0 unspecified atom stereocenters. The van der Waals surface area contributed by atoms with E-state index in [1.807, 2.05) is 25.9 Å². The molecule has 1 aromatic heterocycles. The fourth-order valence-corrected chi connectivity index (χ4v) is 2.61. The molecular weight excluding hydrogens is 250 g/mol. The van der Waals surface area contributed by atoms with Crippen LogP contribution in [0.2, 0.25) is 0 Å². The lowest BCUT2D eigenvalue weighted by atomic mass is 10.1. The Morgan fingerprint density at radius 3 is 2.25 bits per heavy atom. The Hall–Kier alpha value is -2.30. The number of nitrogens with zero attached hydrogens (tertiary/aromatic N) is 3. The van der Waals surface area contributed by atoms with Crippen molar-refractivity contribution in [3.05, 3.63) is 40.6 Å². The van der Waals surface area contributed by atoms with Gasteiger partial charge in [0.1, 0.15) is 11.7 Å². The van der Waals surface area contributed by atoms with Crippen molar-refractivity contribution in [2.45, 2.75) is 20.8 Å². The number of amidine groups is 1. The topological polar surface area (TPSA) is 70.9 Å². The number of rotatable bonds is 3. The molecule has 5 heteroatoms. The van der Waals surface area contributed by atoms with Crippen LogP contribution in [0, 0.1) is 26.2 Å². The van der Waals surface area contributed by atoms with Crippen molar-refractivity contribution in [2.24, 2.45) is 12.8 Å². The number of anilines is 2. The van der Waals surface area contributed by atoms with Gasteiger partial charge >= 0.3 is 0 Å². The van der Waals surface area contributed by atoms with Crippen LogP contribution in [0.4, 0.5) is 11.5 Å². The summed E-state index contributed by atoms with van der Waals surface area (Å²) in [6.07, 6.45) is 0. The highest BCUT2D eigenvalue weighted by molar-refractivity contribution is 6.01. The van der Waals surface area contributed by atoms with E-state index in [-0.39, 0.29) is 5.84 Å². The average Bonchev–Trinajstić information content (AvgIpc) is 2.62. The minimum Gasteiger partial charge on any atom is -0.384 e. The molecule has 0 atom stereocenters. The fourth-order valence-electron chi connectivity index (χ4n) is 2.61. The van der Waals surface area contributed by atoms with Gasteiger partial charge < -0.3 is 10.6 Å². The maximum atomic E-state index is 7.77.